The molecule has 0 aliphatic rings. The molecule has 35 heavy (non-hydrogen) atoms. The van der Waals surface area contributed by atoms with E-state index >= 15 is 0 Å². The predicted molar refractivity (Wildman–Crippen MR) is 140 cm³/mol. The zero-order chi connectivity index (χ0) is 26.1. The number of allylic oxidation sites excluding steroid dienone is 2. The van der Waals surface area contributed by atoms with Gasteiger partial charge in [0.2, 0.25) is 0 Å². The Bertz CT molecular complexity index is 1150. The Morgan fingerprint density at radius 2 is 1.89 bits per heavy atom. The molecular formula is C28H36O6S. The zero-order valence-electron chi connectivity index (χ0n) is 21.5. The van der Waals surface area contributed by atoms with Crippen molar-refractivity contribution in [3.8, 4) is 5.75 Å². The molecule has 0 saturated carbocycles. The Morgan fingerprint density at radius 3 is 2.51 bits per heavy atom. The smallest absolute Gasteiger partial charge is 0.351 e. The first-order valence-electron chi connectivity index (χ1n) is 11.9. The number of esters is 1. The minimum absolute atomic E-state index is 0.157. The average Bonchev–Trinajstić information content (AvgIpc) is 3.15. The highest BCUT2D eigenvalue weighted by Crippen LogP contribution is 2.29. The summed E-state index contributed by atoms with van der Waals surface area (Å²) in [7, 11) is 1.34. The number of rotatable bonds is 12. The molecule has 0 spiro atoms. The first-order valence-corrected chi connectivity index (χ1v) is 12.8. The highest BCUT2D eigenvalue weighted by Gasteiger charge is 2.22. The summed E-state index contributed by atoms with van der Waals surface area (Å²) in [4.78, 5) is 39.0. The molecule has 1 N–H and O–H groups in total. The summed E-state index contributed by atoms with van der Waals surface area (Å²) in [5.74, 6) is -0.447. The van der Waals surface area contributed by atoms with Crippen molar-refractivity contribution in [1.82, 2.24) is 0 Å². The van der Waals surface area contributed by atoms with Gasteiger partial charge in [0.05, 0.1) is 13.5 Å². The fraction of sp³-hybridized carbons (Fsp3) is 0.464. The van der Waals surface area contributed by atoms with Crippen LogP contribution in [0.5, 0.6) is 5.75 Å². The van der Waals surface area contributed by atoms with Gasteiger partial charge in [-0.1, -0.05) is 32.9 Å². The van der Waals surface area contributed by atoms with Crippen molar-refractivity contribution in [2.24, 2.45) is 5.92 Å². The number of Topliss-reactive ketones (excluding diaryl/α,β-unsaturated/α-hetero) is 1. The minimum atomic E-state index is -0.841. The van der Waals surface area contributed by atoms with Gasteiger partial charge in [0.25, 0.3) is 0 Å². The molecule has 6 nitrogen and oxygen atoms in total. The molecule has 1 unspecified atom stereocenters. The minimum Gasteiger partial charge on any atom is -0.507 e. The first-order chi connectivity index (χ1) is 16.5. The third-order valence-electron chi connectivity index (χ3n) is 5.79. The maximum atomic E-state index is 13.0. The number of carbonyl (C=O) groups is 2. The number of thiophene rings is 1. The van der Waals surface area contributed by atoms with E-state index in [9.17, 15) is 19.5 Å². The maximum Gasteiger partial charge on any atom is 0.351 e. The van der Waals surface area contributed by atoms with Gasteiger partial charge in [-0.3, -0.25) is 9.59 Å². The molecule has 7 heteroatoms. The molecule has 2 aromatic rings. The summed E-state index contributed by atoms with van der Waals surface area (Å²) in [6, 6.07) is 3.49. The number of hydrogen-bond donors (Lipinski definition) is 1. The Kier molecular flexibility index (Phi) is 10.7. The molecule has 0 aliphatic carbocycles. The second kappa shape index (κ2) is 13.2. The molecule has 0 radical (unpaired) electrons. The summed E-state index contributed by atoms with van der Waals surface area (Å²) >= 11 is 1.65. The Balaban J connectivity index is 2.13. The quantitative estimate of drug-likeness (QED) is 0.153. The van der Waals surface area contributed by atoms with Gasteiger partial charge in [-0.25, -0.2) is 4.79 Å². The van der Waals surface area contributed by atoms with E-state index in [0.29, 0.717) is 30.1 Å². The maximum absolute atomic E-state index is 13.0. The standard InChI is InChI=1S/C28H36O6S/c1-17(2)12-13-21-14-19(4)24(35-21)15-20(5)27(31)26-22(29)16-23(34-28(26)32)18(3)10-8-7-9-11-25(30)33-6/h7,9,14-18,29H,8,10-13H2,1-6H3/b9-7+,20-15+. The fourth-order valence-electron chi connectivity index (χ4n) is 3.54. The van der Waals surface area contributed by atoms with Gasteiger partial charge >= 0.3 is 11.6 Å². The number of ketones is 1. The van der Waals surface area contributed by atoms with E-state index in [4.69, 9.17) is 4.42 Å². The fourth-order valence-corrected chi connectivity index (χ4v) is 4.73. The van der Waals surface area contributed by atoms with Crippen LogP contribution in [0.2, 0.25) is 0 Å². The SMILES string of the molecule is COC(=O)C/C=C/CCC(C)c1cc(O)c(C(=O)/C(C)=C/c2sc(CCC(C)C)cc2C)c(=O)o1. The van der Waals surface area contributed by atoms with Gasteiger partial charge in [0.15, 0.2) is 5.78 Å². The van der Waals surface area contributed by atoms with Crippen LogP contribution in [0.1, 0.15) is 90.7 Å². The normalized spacial score (nSPS) is 12.9. The zero-order valence-corrected chi connectivity index (χ0v) is 22.3. The van der Waals surface area contributed by atoms with E-state index in [1.165, 1.54) is 18.1 Å². The number of methoxy groups -OCH3 is 1. The molecule has 0 fully saturated rings. The molecule has 0 saturated heterocycles. The summed E-state index contributed by atoms with van der Waals surface area (Å²) in [6.07, 6.45) is 8.96. The van der Waals surface area contributed by atoms with Crippen molar-refractivity contribution in [2.75, 3.05) is 7.11 Å². The lowest BCUT2D eigenvalue weighted by atomic mass is 9.99. The van der Waals surface area contributed by atoms with E-state index in [1.807, 2.05) is 19.9 Å². The van der Waals surface area contributed by atoms with Crippen LogP contribution in [0.3, 0.4) is 0 Å². The van der Waals surface area contributed by atoms with Gasteiger partial charge in [0, 0.05) is 21.7 Å². The largest absolute Gasteiger partial charge is 0.507 e. The van der Waals surface area contributed by atoms with Gasteiger partial charge in [0.1, 0.15) is 17.1 Å². The lowest BCUT2D eigenvalue weighted by molar-refractivity contribution is -0.139. The number of aryl methyl sites for hydroxylation is 2. The summed E-state index contributed by atoms with van der Waals surface area (Å²) in [5.41, 5.74) is 0.264. The highest BCUT2D eigenvalue weighted by atomic mass is 32.1. The predicted octanol–water partition coefficient (Wildman–Crippen LogP) is 6.59. The van der Waals surface area contributed by atoms with Crippen molar-refractivity contribution in [3.05, 3.63) is 66.9 Å². The molecule has 2 aromatic heterocycles. The summed E-state index contributed by atoms with van der Waals surface area (Å²) in [6.45, 7) is 9.91. The molecule has 0 bridgehead atoms. The molecule has 0 aliphatic heterocycles. The number of ether oxygens (including phenoxy) is 1. The second-order valence-corrected chi connectivity index (χ2v) is 10.4. The van der Waals surface area contributed by atoms with Crippen molar-refractivity contribution in [3.63, 3.8) is 0 Å². The van der Waals surface area contributed by atoms with Crippen LogP contribution in [-0.4, -0.2) is 24.0 Å². The van der Waals surface area contributed by atoms with Crippen LogP contribution in [0.25, 0.3) is 6.08 Å². The van der Waals surface area contributed by atoms with Crippen molar-refractivity contribution >= 4 is 29.2 Å². The Labute approximate surface area is 211 Å². The lowest BCUT2D eigenvalue weighted by Crippen LogP contribution is -2.16. The van der Waals surface area contributed by atoms with Gasteiger partial charge < -0.3 is 14.3 Å². The molecule has 0 amide bonds. The van der Waals surface area contributed by atoms with Crippen LogP contribution >= 0.6 is 11.3 Å². The number of carbonyl (C=O) groups excluding carboxylic acids is 2. The Hall–Kier alpha value is -2.93. The molecular weight excluding hydrogens is 464 g/mol. The number of aromatic hydroxyl groups is 1. The van der Waals surface area contributed by atoms with Crippen molar-refractivity contribution < 1.29 is 23.8 Å². The van der Waals surface area contributed by atoms with Gasteiger partial charge in [-0.05, 0) is 68.7 Å². The monoisotopic (exact) mass is 500 g/mol. The number of hydrogen-bond acceptors (Lipinski definition) is 7. The molecule has 1 atom stereocenters. The first kappa shape index (κ1) is 28.3. The average molecular weight is 501 g/mol. The van der Waals surface area contributed by atoms with E-state index in [0.717, 1.165) is 23.3 Å². The van der Waals surface area contributed by atoms with E-state index in [-0.39, 0.29) is 29.6 Å². The van der Waals surface area contributed by atoms with Crippen LogP contribution in [0.15, 0.2) is 39.1 Å². The molecule has 2 rings (SSSR count). The van der Waals surface area contributed by atoms with Crippen LogP contribution in [-0.2, 0) is 16.0 Å². The lowest BCUT2D eigenvalue weighted by Gasteiger charge is -2.11. The van der Waals surface area contributed by atoms with E-state index in [2.05, 4.69) is 24.7 Å². The van der Waals surface area contributed by atoms with Crippen molar-refractivity contribution in [2.45, 2.75) is 72.6 Å². The molecule has 2 heterocycles. The highest BCUT2D eigenvalue weighted by molar-refractivity contribution is 7.13. The van der Waals surface area contributed by atoms with Gasteiger partial charge in [-0.15, -0.1) is 11.3 Å². The van der Waals surface area contributed by atoms with Gasteiger partial charge in [-0.2, -0.15) is 0 Å². The third kappa shape index (κ3) is 8.35. The third-order valence-corrected chi connectivity index (χ3v) is 7.03. The van der Waals surface area contributed by atoms with E-state index in [1.54, 1.807) is 30.4 Å². The van der Waals surface area contributed by atoms with Crippen LogP contribution < -0.4 is 5.63 Å². The summed E-state index contributed by atoms with van der Waals surface area (Å²) in [5, 5.41) is 10.5. The second-order valence-electron chi connectivity index (χ2n) is 9.28. The molecule has 190 valence electrons. The van der Waals surface area contributed by atoms with Crippen LogP contribution in [0, 0.1) is 12.8 Å². The Morgan fingerprint density at radius 1 is 1.17 bits per heavy atom. The molecule has 0 aromatic carbocycles. The van der Waals surface area contributed by atoms with Crippen molar-refractivity contribution in [1.29, 1.82) is 0 Å². The van der Waals surface area contributed by atoms with E-state index < -0.39 is 11.4 Å². The summed E-state index contributed by atoms with van der Waals surface area (Å²) < 4.78 is 9.99. The van der Waals surface area contributed by atoms with Crippen LogP contribution in [0.4, 0.5) is 0 Å². The topological polar surface area (TPSA) is 93.8 Å².